The monoisotopic (exact) mass is 310 g/mol. The highest BCUT2D eigenvalue weighted by atomic mass is 127. The van der Waals surface area contributed by atoms with Crippen LogP contribution in [-0.4, -0.2) is 12.1 Å². The number of hydrogen-bond donors (Lipinski definition) is 0. The highest BCUT2D eigenvalue weighted by Crippen LogP contribution is 2.30. The molecule has 1 aromatic heterocycles. The van der Waals surface area contributed by atoms with Crippen LogP contribution in [0.15, 0.2) is 6.07 Å². The van der Waals surface area contributed by atoms with Gasteiger partial charge in [-0.15, -0.1) is 0 Å². The lowest BCUT2D eigenvalue weighted by atomic mass is 10.3. The average molecular weight is 310 g/mol. The van der Waals surface area contributed by atoms with E-state index < -0.39 is 12.1 Å². The van der Waals surface area contributed by atoms with Gasteiger partial charge >= 0.3 is 0 Å². The number of aromatic nitrogens is 1. The Morgan fingerprint density at radius 2 is 2.29 bits per heavy atom. The van der Waals surface area contributed by atoms with Gasteiger partial charge in [0.2, 0.25) is 0 Å². The topological polar surface area (TPSA) is 45.9 Å². The number of hydrogen-bond acceptors (Lipinski definition) is 3. The average Bonchev–Trinajstić information content (AvgIpc) is 2.17. The maximum absolute atomic E-state index is 12.4. The molecule has 0 aliphatic heterocycles. The first-order valence-electron chi connectivity index (χ1n) is 3.52. The first kappa shape index (κ1) is 11.1. The third-order valence-electron chi connectivity index (χ3n) is 1.49. The Balaban J connectivity index is 3.36. The van der Waals surface area contributed by atoms with Crippen LogP contribution in [0.4, 0.5) is 8.78 Å². The first-order valence-corrected chi connectivity index (χ1v) is 4.60. The Labute approximate surface area is 92.8 Å². The third kappa shape index (κ3) is 2.09. The van der Waals surface area contributed by atoms with Crippen molar-refractivity contribution < 1.29 is 13.5 Å². The second kappa shape index (κ2) is 4.50. The van der Waals surface area contributed by atoms with E-state index in [-0.39, 0.29) is 15.0 Å². The minimum Gasteiger partial charge on any atom is -0.495 e. The van der Waals surface area contributed by atoms with Gasteiger partial charge in [-0.2, -0.15) is 5.26 Å². The molecule has 0 amide bonds. The van der Waals surface area contributed by atoms with Gasteiger partial charge in [-0.25, -0.2) is 13.8 Å². The van der Waals surface area contributed by atoms with Crippen molar-refractivity contribution in [3.8, 4) is 11.8 Å². The Morgan fingerprint density at radius 3 is 2.71 bits per heavy atom. The van der Waals surface area contributed by atoms with Crippen LogP contribution in [0.5, 0.6) is 5.75 Å². The molecule has 0 bridgehead atoms. The molecular weight excluding hydrogens is 305 g/mol. The van der Waals surface area contributed by atoms with Crippen molar-refractivity contribution in [3.63, 3.8) is 0 Å². The van der Waals surface area contributed by atoms with E-state index in [2.05, 4.69) is 4.98 Å². The fourth-order valence-electron chi connectivity index (χ4n) is 0.875. The highest BCUT2D eigenvalue weighted by molar-refractivity contribution is 14.1. The largest absolute Gasteiger partial charge is 0.495 e. The normalized spacial score (nSPS) is 10.0. The van der Waals surface area contributed by atoms with E-state index in [0.717, 1.165) is 0 Å². The van der Waals surface area contributed by atoms with Crippen molar-refractivity contribution in [1.29, 1.82) is 5.26 Å². The summed E-state index contributed by atoms with van der Waals surface area (Å²) in [6, 6.07) is 3.02. The zero-order chi connectivity index (χ0) is 10.7. The summed E-state index contributed by atoms with van der Waals surface area (Å²) in [6.45, 7) is 0. The second-order valence-corrected chi connectivity index (χ2v) is 3.40. The third-order valence-corrected chi connectivity index (χ3v) is 2.58. The molecule has 0 saturated heterocycles. The molecule has 0 spiro atoms. The molecule has 3 nitrogen and oxygen atoms in total. The van der Waals surface area contributed by atoms with Gasteiger partial charge in [0.1, 0.15) is 23.2 Å². The number of pyridine rings is 1. The minimum atomic E-state index is -2.70. The Bertz CT molecular complexity index is 390. The summed E-state index contributed by atoms with van der Waals surface area (Å²) in [5.74, 6) is 0.243. The van der Waals surface area contributed by atoms with Gasteiger partial charge in [0.25, 0.3) is 6.43 Å². The molecule has 0 fully saturated rings. The summed E-state index contributed by atoms with van der Waals surface area (Å²) in [7, 11) is 1.36. The van der Waals surface area contributed by atoms with Crippen LogP contribution in [0, 0.1) is 14.9 Å². The van der Waals surface area contributed by atoms with Gasteiger partial charge in [0.15, 0.2) is 0 Å². The van der Waals surface area contributed by atoms with Crippen LogP contribution >= 0.6 is 22.6 Å². The molecule has 0 aromatic carbocycles. The molecule has 74 valence electrons. The SMILES string of the molecule is COc1cc(C#N)nc(C(F)F)c1I. The van der Waals surface area contributed by atoms with E-state index in [1.807, 2.05) is 0 Å². The van der Waals surface area contributed by atoms with Crippen LogP contribution in [0.25, 0.3) is 0 Å². The summed E-state index contributed by atoms with van der Waals surface area (Å²) in [5, 5.41) is 8.54. The maximum atomic E-state index is 12.4. The van der Waals surface area contributed by atoms with Gasteiger partial charge in [-0.05, 0) is 22.6 Å². The van der Waals surface area contributed by atoms with Gasteiger partial charge in [-0.3, -0.25) is 0 Å². The highest BCUT2D eigenvalue weighted by Gasteiger charge is 2.18. The molecule has 14 heavy (non-hydrogen) atoms. The predicted octanol–water partition coefficient (Wildman–Crippen LogP) is 2.50. The molecule has 0 aliphatic rings. The number of ether oxygens (including phenoxy) is 1. The molecular formula is C8H5F2IN2O. The van der Waals surface area contributed by atoms with Crippen molar-refractivity contribution in [3.05, 3.63) is 21.0 Å². The zero-order valence-electron chi connectivity index (χ0n) is 7.09. The summed E-state index contributed by atoms with van der Waals surface area (Å²) >= 11 is 1.71. The van der Waals surface area contributed by atoms with E-state index in [9.17, 15) is 8.78 Å². The Hall–Kier alpha value is -0.970. The van der Waals surface area contributed by atoms with Crippen molar-refractivity contribution in [2.75, 3.05) is 7.11 Å². The van der Waals surface area contributed by atoms with Gasteiger partial charge in [-0.1, -0.05) is 0 Å². The number of nitrogens with zero attached hydrogens (tertiary/aromatic N) is 2. The van der Waals surface area contributed by atoms with E-state index in [0.29, 0.717) is 0 Å². The van der Waals surface area contributed by atoms with Crippen LogP contribution in [0.1, 0.15) is 17.8 Å². The maximum Gasteiger partial charge on any atom is 0.281 e. The lowest BCUT2D eigenvalue weighted by Crippen LogP contribution is -2.00. The summed E-state index contributed by atoms with van der Waals surface area (Å²) in [4.78, 5) is 3.50. The van der Waals surface area contributed by atoms with E-state index >= 15 is 0 Å². The molecule has 1 aromatic rings. The van der Waals surface area contributed by atoms with Gasteiger partial charge < -0.3 is 4.74 Å². The molecule has 1 heterocycles. The van der Waals surface area contributed by atoms with Crippen molar-refractivity contribution >= 4 is 22.6 Å². The van der Waals surface area contributed by atoms with Crippen molar-refractivity contribution in [2.24, 2.45) is 0 Å². The Kier molecular flexibility index (Phi) is 3.57. The molecule has 0 atom stereocenters. The molecule has 0 saturated carbocycles. The lowest BCUT2D eigenvalue weighted by molar-refractivity contribution is 0.144. The predicted molar refractivity (Wildman–Crippen MR) is 53.2 cm³/mol. The summed E-state index contributed by atoms with van der Waals surface area (Å²) < 4.78 is 29.9. The van der Waals surface area contributed by atoms with E-state index in [1.165, 1.54) is 13.2 Å². The summed E-state index contributed by atoms with van der Waals surface area (Å²) in [5.41, 5.74) is -0.487. The molecule has 0 unspecified atom stereocenters. The number of alkyl halides is 2. The molecule has 1 rings (SSSR count). The fourth-order valence-corrected chi connectivity index (χ4v) is 1.61. The number of rotatable bonds is 2. The minimum absolute atomic E-state index is 0.0717. The zero-order valence-corrected chi connectivity index (χ0v) is 9.25. The number of nitriles is 1. The molecule has 0 aliphatic carbocycles. The van der Waals surface area contributed by atoms with Crippen molar-refractivity contribution in [2.45, 2.75) is 6.43 Å². The fraction of sp³-hybridized carbons (Fsp3) is 0.250. The first-order chi connectivity index (χ1) is 6.60. The summed E-state index contributed by atoms with van der Waals surface area (Å²) in [6.07, 6.45) is -2.70. The number of halogens is 3. The second-order valence-electron chi connectivity index (χ2n) is 2.32. The molecule has 0 radical (unpaired) electrons. The van der Waals surface area contributed by atoms with Crippen LogP contribution in [0.2, 0.25) is 0 Å². The van der Waals surface area contributed by atoms with Crippen LogP contribution < -0.4 is 4.74 Å². The number of methoxy groups -OCH3 is 1. The van der Waals surface area contributed by atoms with Gasteiger partial charge in [0.05, 0.1) is 10.7 Å². The smallest absolute Gasteiger partial charge is 0.281 e. The van der Waals surface area contributed by atoms with E-state index in [4.69, 9.17) is 10.00 Å². The molecule has 6 heteroatoms. The quantitative estimate of drug-likeness (QED) is 0.789. The Morgan fingerprint density at radius 1 is 1.64 bits per heavy atom. The lowest BCUT2D eigenvalue weighted by Gasteiger charge is -2.07. The van der Waals surface area contributed by atoms with Crippen LogP contribution in [0.3, 0.4) is 0 Å². The van der Waals surface area contributed by atoms with E-state index in [1.54, 1.807) is 28.7 Å². The molecule has 0 N–H and O–H groups in total. The van der Waals surface area contributed by atoms with Gasteiger partial charge in [0, 0.05) is 6.07 Å². The standard InChI is InChI=1S/C8H5F2IN2O/c1-14-5-2-4(3-12)13-7(6(5)11)8(9)10/h2,8H,1H3. The van der Waals surface area contributed by atoms with Crippen molar-refractivity contribution in [1.82, 2.24) is 4.98 Å². The van der Waals surface area contributed by atoms with Crippen LogP contribution in [-0.2, 0) is 0 Å².